The predicted molar refractivity (Wildman–Crippen MR) is 73.3 cm³/mol. The van der Waals surface area contributed by atoms with Crippen molar-refractivity contribution >= 4 is 10.0 Å². The van der Waals surface area contributed by atoms with Crippen LogP contribution in [0.4, 0.5) is 0 Å². The second kappa shape index (κ2) is 5.26. The highest BCUT2D eigenvalue weighted by molar-refractivity contribution is 7.89. The van der Waals surface area contributed by atoms with E-state index in [9.17, 15) is 13.5 Å². The first-order valence-corrected chi connectivity index (χ1v) is 8.12. The van der Waals surface area contributed by atoms with E-state index in [1.807, 2.05) is 18.4 Å². The monoisotopic (exact) mass is 286 g/mol. The van der Waals surface area contributed by atoms with Gasteiger partial charge in [0.05, 0.1) is 6.61 Å². The van der Waals surface area contributed by atoms with Crippen LogP contribution in [0.5, 0.6) is 0 Å². The van der Waals surface area contributed by atoms with Crippen molar-refractivity contribution in [2.75, 3.05) is 13.1 Å². The molecule has 1 atom stereocenters. The topological polar surface area (TPSA) is 62.5 Å². The third-order valence-electron chi connectivity index (χ3n) is 3.65. The molecular formula is C13H22N2O3S. The van der Waals surface area contributed by atoms with E-state index >= 15 is 0 Å². The molecule has 0 saturated carbocycles. The summed E-state index contributed by atoms with van der Waals surface area (Å²) < 4.78 is 28.4. The van der Waals surface area contributed by atoms with E-state index in [0.29, 0.717) is 29.6 Å². The molecule has 0 aliphatic carbocycles. The fourth-order valence-corrected chi connectivity index (χ4v) is 4.13. The number of nitrogens with zero attached hydrogens (tertiary/aromatic N) is 2. The summed E-state index contributed by atoms with van der Waals surface area (Å²) in [5.41, 5.74) is 0.640. The lowest BCUT2D eigenvalue weighted by Gasteiger charge is -2.15. The Morgan fingerprint density at radius 1 is 1.47 bits per heavy atom. The van der Waals surface area contributed by atoms with Crippen molar-refractivity contribution in [3.05, 3.63) is 18.0 Å². The molecule has 19 heavy (non-hydrogen) atoms. The Kier molecular flexibility index (Phi) is 4.03. The van der Waals surface area contributed by atoms with Gasteiger partial charge in [0.15, 0.2) is 0 Å². The van der Waals surface area contributed by atoms with Crippen LogP contribution in [-0.4, -0.2) is 35.5 Å². The van der Waals surface area contributed by atoms with Crippen molar-refractivity contribution in [2.24, 2.45) is 5.92 Å². The van der Waals surface area contributed by atoms with E-state index in [4.69, 9.17) is 0 Å². The Labute approximate surface area is 114 Å². The Balaban J connectivity index is 2.36. The largest absolute Gasteiger partial charge is 0.390 e. The summed E-state index contributed by atoms with van der Waals surface area (Å²) in [6, 6.07) is 1.71. The zero-order chi connectivity index (χ0) is 14.2. The first-order chi connectivity index (χ1) is 8.86. The van der Waals surface area contributed by atoms with Crippen LogP contribution < -0.4 is 0 Å². The first kappa shape index (κ1) is 14.6. The quantitative estimate of drug-likeness (QED) is 0.914. The molecule has 5 nitrogen and oxygen atoms in total. The average molecular weight is 286 g/mol. The highest BCUT2D eigenvalue weighted by Crippen LogP contribution is 2.26. The lowest BCUT2D eigenvalue weighted by molar-refractivity contribution is 0.268. The second-order valence-corrected chi connectivity index (χ2v) is 7.52. The summed E-state index contributed by atoms with van der Waals surface area (Å²) in [6.45, 7) is 7.02. The van der Waals surface area contributed by atoms with Crippen LogP contribution >= 0.6 is 0 Å². The minimum atomic E-state index is -3.42. The number of aliphatic hydroxyl groups excluding tert-OH is 1. The molecule has 1 aliphatic heterocycles. The molecule has 1 aromatic heterocycles. The zero-order valence-corrected chi connectivity index (χ0v) is 12.5. The molecule has 1 fully saturated rings. The van der Waals surface area contributed by atoms with E-state index in [-0.39, 0.29) is 12.6 Å². The van der Waals surface area contributed by atoms with Gasteiger partial charge < -0.3 is 9.67 Å². The average Bonchev–Trinajstić information content (AvgIpc) is 2.94. The summed E-state index contributed by atoms with van der Waals surface area (Å²) in [5, 5.41) is 9.32. The SMILES string of the molecule is CC1CCN(S(=O)(=O)c2cc(CO)n(C(C)C)c2)C1. The third-order valence-corrected chi connectivity index (χ3v) is 5.48. The molecule has 2 rings (SSSR count). The predicted octanol–water partition coefficient (Wildman–Crippen LogP) is 1.59. The van der Waals surface area contributed by atoms with Crippen molar-refractivity contribution in [1.29, 1.82) is 0 Å². The smallest absolute Gasteiger partial charge is 0.244 e. The van der Waals surface area contributed by atoms with Crippen LogP contribution in [0, 0.1) is 5.92 Å². The molecule has 0 bridgehead atoms. The van der Waals surface area contributed by atoms with Gasteiger partial charge in [0, 0.05) is 31.0 Å². The molecule has 1 N–H and O–H groups in total. The summed E-state index contributed by atoms with van der Waals surface area (Å²) >= 11 is 0. The third kappa shape index (κ3) is 2.70. The van der Waals surface area contributed by atoms with Crippen molar-refractivity contribution in [2.45, 2.75) is 44.7 Å². The number of hydrogen-bond donors (Lipinski definition) is 1. The van der Waals surface area contributed by atoms with Crippen molar-refractivity contribution in [3.8, 4) is 0 Å². The summed E-state index contributed by atoms with van der Waals surface area (Å²) in [7, 11) is -3.42. The molecule has 6 heteroatoms. The van der Waals surface area contributed by atoms with Crippen molar-refractivity contribution < 1.29 is 13.5 Å². The number of rotatable bonds is 4. The maximum absolute atomic E-state index is 12.5. The van der Waals surface area contributed by atoms with Crippen molar-refractivity contribution in [3.63, 3.8) is 0 Å². The summed E-state index contributed by atoms with van der Waals surface area (Å²) in [6.07, 6.45) is 2.55. The Bertz CT molecular complexity index is 548. The number of hydrogen-bond acceptors (Lipinski definition) is 3. The molecule has 108 valence electrons. The standard InChI is InChI=1S/C13H22N2O3S/c1-10(2)15-8-13(6-12(15)9-16)19(17,18)14-5-4-11(3)7-14/h6,8,10-11,16H,4-5,7,9H2,1-3H3. The molecule has 1 unspecified atom stereocenters. The Morgan fingerprint density at radius 2 is 2.16 bits per heavy atom. The molecule has 0 aromatic carbocycles. The highest BCUT2D eigenvalue weighted by Gasteiger charge is 2.31. The fraction of sp³-hybridized carbons (Fsp3) is 0.692. The molecule has 2 heterocycles. The van der Waals surface area contributed by atoms with E-state index in [1.165, 1.54) is 0 Å². The van der Waals surface area contributed by atoms with Crippen LogP contribution in [-0.2, 0) is 16.6 Å². The van der Waals surface area contributed by atoms with Gasteiger partial charge >= 0.3 is 0 Å². The molecule has 0 spiro atoms. The van der Waals surface area contributed by atoms with Gasteiger partial charge in [0.2, 0.25) is 10.0 Å². The minimum absolute atomic E-state index is 0.128. The molecule has 0 amide bonds. The molecule has 1 saturated heterocycles. The van der Waals surface area contributed by atoms with Crippen LogP contribution in [0.15, 0.2) is 17.2 Å². The minimum Gasteiger partial charge on any atom is -0.390 e. The maximum atomic E-state index is 12.5. The molecule has 1 aliphatic rings. The van der Waals surface area contributed by atoms with E-state index < -0.39 is 10.0 Å². The molecule has 1 aromatic rings. The lowest BCUT2D eigenvalue weighted by Crippen LogP contribution is -2.28. The van der Waals surface area contributed by atoms with Crippen LogP contribution in [0.3, 0.4) is 0 Å². The highest BCUT2D eigenvalue weighted by atomic mass is 32.2. The summed E-state index contributed by atoms with van der Waals surface area (Å²) in [4.78, 5) is 0.291. The van der Waals surface area contributed by atoms with Gasteiger partial charge in [-0.25, -0.2) is 8.42 Å². The van der Waals surface area contributed by atoms with Gasteiger partial charge in [-0.15, -0.1) is 0 Å². The van der Waals surface area contributed by atoms with E-state index in [2.05, 4.69) is 6.92 Å². The van der Waals surface area contributed by atoms with E-state index in [0.717, 1.165) is 6.42 Å². The van der Waals surface area contributed by atoms with Crippen molar-refractivity contribution in [1.82, 2.24) is 8.87 Å². The van der Waals surface area contributed by atoms with Gasteiger partial charge in [-0.2, -0.15) is 4.31 Å². The summed E-state index contributed by atoms with van der Waals surface area (Å²) in [5.74, 6) is 0.416. The normalized spacial score (nSPS) is 21.4. The van der Waals surface area contributed by atoms with Gasteiger partial charge in [-0.05, 0) is 32.3 Å². The van der Waals surface area contributed by atoms with Gasteiger partial charge in [0.25, 0.3) is 0 Å². The second-order valence-electron chi connectivity index (χ2n) is 5.58. The van der Waals surface area contributed by atoms with Gasteiger partial charge in [-0.1, -0.05) is 6.92 Å². The molecular weight excluding hydrogens is 264 g/mol. The lowest BCUT2D eigenvalue weighted by atomic mass is 10.2. The zero-order valence-electron chi connectivity index (χ0n) is 11.7. The van der Waals surface area contributed by atoms with Gasteiger partial charge in [-0.3, -0.25) is 0 Å². The molecule has 0 radical (unpaired) electrons. The Hall–Kier alpha value is -0.850. The van der Waals surface area contributed by atoms with Gasteiger partial charge in [0.1, 0.15) is 4.90 Å². The van der Waals surface area contributed by atoms with Crippen LogP contribution in [0.2, 0.25) is 0 Å². The van der Waals surface area contributed by atoms with Crippen LogP contribution in [0.1, 0.15) is 38.9 Å². The number of sulfonamides is 1. The van der Waals surface area contributed by atoms with E-state index in [1.54, 1.807) is 16.6 Å². The maximum Gasteiger partial charge on any atom is 0.244 e. The number of aromatic nitrogens is 1. The van der Waals surface area contributed by atoms with Crippen LogP contribution in [0.25, 0.3) is 0 Å². The number of aliphatic hydroxyl groups is 1. The fourth-order valence-electron chi connectivity index (χ4n) is 2.51. The first-order valence-electron chi connectivity index (χ1n) is 6.68. The Morgan fingerprint density at radius 3 is 2.58 bits per heavy atom.